The predicted octanol–water partition coefficient (Wildman–Crippen LogP) is 1.90. The van der Waals surface area contributed by atoms with Crippen LogP contribution in [0.3, 0.4) is 0 Å². The maximum atomic E-state index is 6.05. The van der Waals surface area contributed by atoms with E-state index in [4.69, 9.17) is 15.2 Å². The molecule has 1 aliphatic rings. The van der Waals surface area contributed by atoms with Gasteiger partial charge in [0.05, 0.1) is 6.61 Å². The lowest BCUT2D eigenvalue weighted by Crippen LogP contribution is -2.44. The lowest BCUT2D eigenvalue weighted by Gasteiger charge is -2.32. The average Bonchev–Trinajstić information content (AvgIpc) is 2.47. The van der Waals surface area contributed by atoms with Crippen LogP contribution < -0.4 is 10.5 Å². The van der Waals surface area contributed by atoms with Crippen LogP contribution in [0.2, 0.25) is 0 Å². The molecule has 0 aromatic heterocycles. The van der Waals surface area contributed by atoms with Gasteiger partial charge in [-0.2, -0.15) is 0 Å². The van der Waals surface area contributed by atoms with Gasteiger partial charge in [0.1, 0.15) is 18.5 Å². The van der Waals surface area contributed by atoms with Crippen LogP contribution in [0.4, 0.5) is 0 Å². The Morgan fingerprint density at radius 2 is 2.05 bits per heavy atom. The highest BCUT2D eigenvalue weighted by molar-refractivity contribution is 5.43. The molecule has 0 amide bonds. The molecule has 1 atom stereocenters. The second-order valence-electron chi connectivity index (χ2n) is 5.79. The Morgan fingerprint density at radius 1 is 1.33 bits per heavy atom. The second kappa shape index (κ2) is 7.78. The molecule has 2 N–H and O–H groups in total. The lowest BCUT2D eigenvalue weighted by molar-refractivity contribution is -0.0465. The average molecular weight is 292 g/mol. The van der Waals surface area contributed by atoms with E-state index in [0.717, 1.165) is 38.4 Å². The van der Waals surface area contributed by atoms with E-state index in [-0.39, 0.29) is 6.10 Å². The molecule has 1 heterocycles. The van der Waals surface area contributed by atoms with Crippen LogP contribution in [0.1, 0.15) is 23.6 Å². The maximum Gasteiger partial charge on any atom is 0.125 e. The summed E-state index contributed by atoms with van der Waals surface area (Å²) in [5.41, 5.74) is 9.28. The predicted molar refractivity (Wildman–Crippen MR) is 86.0 cm³/mol. The highest BCUT2D eigenvalue weighted by Gasteiger charge is 2.20. The van der Waals surface area contributed by atoms with Crippen molar-refractivity contribution in [2.75, 3.05) is 39.4 Å². The van der Waals surface area contributed by atoms with Gasteiger partial charge in [-0.15, -0.1) is 0 Å². The van der Waals surface area contributed by atoms with Gasteiger partial charge >= 0.3 is 0 Å². The van der Waals surface area contributed by atoms with Crippen molar-refractivity contribution in [1.82, 2.24) is 4.90 Å². The van der Waals surface area contributed by atoms with Gasteiger partial charge < -0.3 is 15.2 Å². The number of ether oxygens (including phenoxy) is 2. The van der Waals surface area contributed by atoms with Gasteiger partial charge in [-0.25, -0.2) is 0 Å². The highest BCUT2D eigenvalue weighted by Crippen LogP contribution is 2.25. The van der Waals surface area contributed by atoms with Crippen LogP contribution in [-0.2, 0) is 11.2 Å². The van der Waals surface area contributed by atoms with Gasteiger partial charge in [0, 0.05) is 13.1 Å². The third-order valence-electron chi connectivity index (χ3n) is 4.04. The first-order valence-electron chi connectivity index (χ1n) is 7.91. The molecule has 0 aliphatic carbocycles. The second-order valence-corrected chi connectivity index (χ2v) is 5.79. The Morgan fingerprint density at radius 3 is 2.67 bits per heavy atom. The van der Waals surface area contributed by atoms with Gasteiger partial charge in [0.25, 0.3) is 0 Å². The van der Waals surface area contributed by atoms with Crippen molar-refractivity contribution in [3.8, 4) is 5.75 Å². The summed E-state index contributed by atoms with van der Waals surface area (Å²) in [6, 6.07) is 4.35. The van der Waals surface area contributed by atoms with Crippen LogP contribution in [0.25, 0.3) is 0 Å². The van der Waals surface area contributed by atoms with E-state index >= 15 is 0 Å². The molecule has 1 fully saturated rings. The Hall–Kier alpha value is -1.10. The Kier molecular flexibility index (Phi) is 6.03. The van der Waals surface area contributed by atoms with Crippen molar-refractivity contribution in [2.45, 2.75) is 33.3 Å². The zero-order chi connectivity index (χ0) is 15.2. The number of morpholine rings is 1. The molecule has 21 heavy (non-hydrogen) atoms. The fourth-order valence-electron chi connectivity index (χ4n) is 2.92. The monoisotopic (exact) mass is 292 g/mol. The first-order chi connectivity index (χ1) is 10.1. The summed E-state index contributed by atoms with van der Waals surface area (Å²) in [5.74, 6) is 0.994. The first kappa shape index (κ1) is 16.3. The van der Waals surface area contributed by atoms with E-state index in [2.05, 4.69) is 37.8 Å². The van der Waals surface area contributed by atoms with Crippen LogP contribution in [0.5, 0.6) is 5.75 Å². The number of benzene rings is 1. The third-order valence-corrected chi connectivity index (χ3v) is 4.04. The largest absolute Gasteiger partial charge is 0.490 e. The SMILES string of the molecule is CCN1CCOC(COc2c(C)cc(CCN)cc2C)C1. The number of hydrogen-bond acceptors (Lipinski definition) is 4. The molecule has 0 saturated carbocycles. The molecule has 0 spiro atoms. The summed E-state index contributed by atoms with van der Waals surface area (Å²) in [6.45, 7) is 11.6. The van der Waals surface area contributed by atoms with E-state index in [0.29, 0.717) is 13.2 Å². The Bertz CT molecular complexity index is 439. The molecule has 0 bridgehead atoms. The van der Waals surface area contributed by atoms with E-state index in [9.17, 15) is 0 Å². The lowest BCUT2D eigenvalue weighted by atomic mass is 10.0. The summed E-state index contributed by atoms with van der Waals surface area (Å²) in [4.78, 5) is 2.40. The van der Waals surface area contributed by atoms with Crippen LogP contribution in [0.15, 0.2) is 12.1 Å². The minimum atomic E-state index is 0.168. The molecule has 4 heteroatoms. The molecule has 1 unspecified atom stereocenters. The maximum absolute atomic E-state index is 6.05. The molecular weight excluding hydrogens is 264 g/mol. The molecule has 1 aromatic carbocycles. The summed E-state index contributed by atoms with van der Waals surface area (Å²) < 4.78 is 11.8. The van der Waals surface area contributed by atoms with Gasteiger partial charge in [0.15, 0.2) is 0 Å². The number of aryl methyl sites for hydroxylation is 2. The van der Waals surface area contributed by atoms with Gasteiger partial charge in [-0.1, -0.05) is 19.1 Å². The van der Waals surface area contributed by atoms with Gasteiger partial charge in [0.2, 0.25) is 0 Å². The molecule has 1 aromatic rings. The minimum Gasteiger partial charge on any atom is -0.490 e. The van der Waals surface area contributed by atoms with Crippen molar-refractivity contribution < 1.29 is 9.47 Å². The summed E-state index contributed by atoms with van der Waals surface area (Å²) in [6.07, 6.45) is 1.08. The fraction of sp³-hybridized carbons (Fsp3) is 0.647. The summed E-state index contributed by atoms with van der Waals surface area (Å²) in [5, 5.41) is 0. The van der Waals surface area contributed by atoms with Crippen molar-refractivity contribution >= 4 is 0 Å². The van der Waals surface area contributed by atoms with Crippen LogP contribution >= 0.6 is 0 Å². The first-order valence-corrected chi connectivity index (χ1v) is 7.91. The van der Waals surface area contributed by atoms with Crippen LogP contribution in [-0.4, -0.2) is 50.4 Å². The number of rotatable bonds is 6. The van der Waals surface area contributed by atoms with Crippen LogP contribution in [0, 0.1) is 13.8 Å². The number of nitrogens with zero attached hydrogens (tertiary/aromatic N) is 1. The van der Waals surface area contributed by atoms with E-state index in [1.165, 1.54) is 16.7 Å². The smallest absolute Gasteiger partial charge is 0.125 e. The van der Waals surface area contributed by atoms with Gasteiger partial charge in [-0.05, 0) is 50.0 Å². The van der Waals surface area contributed by atoms with Gasteiger partial charge in [-0.3, -0.25) is 4.90 Å². The molecule has 0 radical (unpaired) electrons. The van der Waals surface area contributed by atoms with E-state index < -0.39 is 0 Å². The van der Waals surface area contributed by atoms with E-state index in [1.807, 2.05) is 0 Å². The van der Waals surface area contributed by atoms with Crippen molar-refractivity contribution in [1.29, 1.82) is 0 Å². The standard InChI is InChI=1S/C17H28N2O2/c1-4-19-7-8-20-16(11-19)12-21-17-13(2)9-15(5-6-18)10-14(17)3/h9-10,16H,4-8,11-12,18H2,1-3H3. The minimum absolute atomic E-state index is 0.168. The van der Waals surface area contributed by atoms with E-state index in [1.54, 1.807) is 0 Å². The number of nitrogens with two attached hydrogens (primary N) is 1. The number of hydrogen-bond donors (Lipinski definition) is 1. The molecule has 1 saturated heterocycles. The van der Waals surface area contributed by atoms with Crippen molar-refractivity contribution in [2.24, 2.45) is 5.73 Å². The normalized spacial score (nSPS) is 19.7. The molecule has 118 valence electrons. The number of likely N-dealkylation sites (N-methyl/N-ethyl adjacent to an activating group) is 1. The third kappa shape index (κ3) is 4.43. The zero-order valence-electron chi connectivity index (χ0n) is 13.5. The van der Waals surface area contributed by atoms with Crippen molar-refractivity contribution in [3.05, 3.63) is 28.8 Å². The molecule has 2 rings (SSSR count). The summed E-state index contributed by atoms with van der Waals surface area (Å²) >= 11 is 0. The Balaban J connectivity index is 1.96. The Labute approximate surface area is 128 Å². The molecule has 4 nitrogen and oxygen atoms in total. The molecular formula is C17H28N2O2. The highest BCUT2D eigenvalue weighted by atomic mass is 16.5. The summed E-state index contributed by atoms with van der Waals surface area (Å²) in [7, 11) is 0. The quantitative estimate of drug-likeness (QED) is 0.870. The topological polar surface area (TPSA) is 47.7 Å². The fourth-order valence-corrected chi connectivity index (χ4v) is 2.92. The van der Waals surface area contributed by atoms with Crippen molar-refractivity contribution in [3.63, 3.8) is 0 Å². The molecule has 1 aliphatic heterocycles. The zero-order valence-corrected chi connectivity index (χ0v) is 13.5.